The van der Waals surface area contributed by atoms with E-state index in [2.05, 4.69) is 27.2 Å². The first kappa shape index (κ1) is 16.3. The van der Waals surface area contributed by atoms with Gasteiger partial charge in [-0.2, -0.15) is 5.21 Å². The average Bonchev–Trinajstić information content (AvgIpc) is 3.28. The molecule has 3 aromatic carbocycles. The van der Waals surface area contributed by atoms with Crippen molar-refractivity contribution in [3.8, 4) is 11.4 Å². The van der Waals surface area contributed by atoms with Crippen molar-refractivity contribution in [3.63, 3.8) is 0 Å². The summed E-state index contributed by atoms with van der Waals surface area (Å²) in [6.45, 7) is 4.22. The van der Waals surface area contributed by atoms with E-state index < -0.39 is 0 Å². The van der Waals surface area contributed by atoms with Crippen LogP contribution in [-0.4, -0.2) is 26.4 Å². The normalized spacial score (nSPS) is 15.6. The number of fused-ring (bicyclic) bond motifs is 2. The SMILES string of the molecule is C=C1c2ccc(-c3nn[nH]n3)cc2C=CC1C(=O)c1ccc2ccccc2c1. The number of allylic oxidation sites excluding steroid dienone is 2. The van der Waals surface area contributed by atoms with Crippen molar-refractivity contribution in [2.24, 2.45) is 5.92 Å². The maximum Gasteiger partial charge on any atom is 0.204 e. The van der Waals surface area contributed by atoms with Crippen molar-refractivity contribution in [2.45, 2.75) is 0 Å². The molecule has 28 heavy (non-hydrogen) atoms. The van der Waals surface area contributed by atoms with Crippen LogP contribution in [0.5, 0.6) is 0 Å². The molecular formula is C23H16N4O. The molecule has 0 radical (unpaired) electrons. The van der Waals surface area contributed by atoms with Crippen LogP contribution in [0.2, 0.25) is 0 Å². The first-order valence-electron chi connectivity index (χ1n) is 8.99. The largest absolute Gasteiger partial charge is 0.293 e. The monoisotopic (exact) mass is 364 g/mol. The van der Waals surface area contributed by atoms with E-state index in [0.29, 0.717) is 11.4 Å². The summed E-state index contributed by atoms with van der Waals surface area (Å²) in [5.41, 5.74) is 4.32. The van der Waals surface area contributed by atoms with E-state index in [-0.39, 0.29) is 11.7 Å². The Balaban J connectivity index is 1.48. The van der Waals surface area contributed by atoms with Crippen LogP contribution in [0.1, 0.15) is 21.5 Å². The Labute approximate surface area is 161 Å². The lowest BCUT2D eigenvalue weighted by atomic mass is 9.80. The van der Waals surface area contributed by atoms with Gasteiger partial charge < -0.3 is 0 Å². The smallest absolute Gasteiger partial charge is 0.204 e. The third kappa shape index (κ3) is 2.65. The molecule has 5 heteroatoms. The molecule has 4 aromatic rings. The molecule has 1 aromatic heterocycles. The van der Waals surface area contributed by atoms with Gasteiger partial charge in [-0.3, -0.25) is 4.79 Å². The molecule has 0 amide bonds. The molecule has 1 aliphatic carbocycles. The number of aromatic amines is 1. The number of nitrogens with zero attached hydrogens (tertiary/aromatic N) is 3. The summed E-state index contributed by atoms with van der Waals surface area (Å²) in [5.74, 6) is 0.223. The quantitative estimate of drug-likeness (QED) is 0.541. The highest BCUT2D eigenvalue weighted by molar-refractivity contribution is 6.09. The highest BCUT2D eigenvalue weighted by Crippen LogP contribution is 2.36. The molecule has 0 saturated carbocycles. The van der Waals surface area contributed by atoms with Crippen LogP contribution < -0.4 is 0 Å². The lowest BCUT2D eigenvalue weighted by molar-refractivity contribution is 0.0969. The molecule has 1 N–H and O–H groups in total. The highest BCUT2D eigenvalue weighted by Gasteiger charge is 2.26. The van der Waals surface area contributed by atoms with Gasteiger partial charge in [0.1, 0.15) is 0 Å². The van der Waals surface area contributed by atoms with E-state index in [1.807, 2.05) is 72.8 Å². The molecule has 134 valence electrons. The number of ketones is 1. The van der Waals surface area contributed by atoms with Crippen LogP contribution >= 0.6 is 0 Å². The number of nitrogens with one attached hydrogen (secondary N) is 1. The minimum atomic E-state index is -0.371. The molecule has 0 aliphatic heterocycles. The fourth-order valence-electron chi connectivity index (χ4n) is 3.67. The Hall–Kier alpha value is -3.86. The van der Waals surface area contributed by atoms with Gasteiger partial charge in [-0.05, 0) is 44.8 Å². The van der Waals surface area contributed by atoms with Gasteiger partial charge in [0, 0.05) is 11.1 Å². The van der Waals surface area contributed by atoms with Gasteiger partial charge in [0.25, 0.3) is 0 Å². The first-order chi connectivity index (χ1) is 13.7. The lowest BCUT2D eigenvalue weighted by Gasteiger charge is -2.22. The average molecular weight is 364 g/mol. The van der Waals surface area contributed by atoms with Gasteiger partial charge >= 0.3 is 0 Å². The number of carbonyl (C=O) groups is 1. The molecule has 5 nitrogen and oxygen atoms in total. The zero-order valence-corrected chi connectivity index (χ0v) is 15.0. The standard InChI is InChI=1S/C23H16N4O/c1-14-20-10-9-19(23-24-26-27-25-23)13-17(20)8-11-21(14)22(28)18-7-6-15-4-2-3-5-16(15)12-18/h2-13,21H,1H2,(H,24,25,26,27). The third-order valence-corrected chi connectivity index (χ3v) is 5.16. The number of hydrogen-bond donors (Lipinski definition) is 1. The van der Waals surface area contributed by atoms with E-state index >= 15 is 0 Å². The zero-order valence-electron chi connectivity index (χ0n) is 15.0. The number of rotatable bonds is 3. The second-order valence-electron chi connectivity index (χ2n) is 6.83. The number of aromatic nitrogens is 4. The molecule has 0 saturated heterocycles. The number of Topliss-reactive ketones (excluding diaryl/α,β-unsaturated/α-hetero) is 1. The minimum absolute atomic E-state index is 0.0555. The minimum Gasteiger partial charge on any atom is -0.293 e. The molecular weight excluding hydrogens is 348 g/mol. The Bertz CT molecular complexity index is 1250. The summed E-state index contributed by atoms with van der Waals surface area (Å²) in [6, 6.07) is 19.7. The maximum atomic E-state index is 13.2. The predicted molar refractivity (Wildman–Crippen MR) is 109 cm³/mol. The predicted octanol–water partition coefficient (Wildman–Crippen LogP) is 4.56. The van der Waals surface area contributed by atoms with Crippen molar-refractivity contribution in [3.05, 3.63) is 90.0 Å². The molecule has 1 heterocycles. The van der Waals surface area contributed by atoms with Crippen LogP contribution in [0.4, 0.5) is 0 Å². The molecule has 1 aliphatic rings. The zero-order chi connectivity index (χ0) is 19.1. The molecule has 0 bridgehead atoms. The van der Waals surface area contributed by atoms with Crippen molar-refractivity contribution in [1.29, 1.82) is 0 Å². The van der Waals surface area contributed by atoms with Crippen LogP contribution in [0.15, 0.2) is 73.3 Å². The van der Waals surface area contributed by atoms with Crippen LogP contribution in [0, 0.1) is 5.92 Å². The van der Waals surface area contributed by atoms with Gasteiger partial charge in [-0.1, -0.05) is 67.3 Å². The number of tetrazole rings is 1. The lowest BCUT2D eigenvalue weighted by Crippen LogP contribution is -2.16. The van der Waals surface area contributed by atoms with Crippen molar-refractivity contribution >= 4 is 28.2 Å². The van der Waals surface area contributed by atoms with Crippen LogP contribution in [0.25, 0.3) is 33.8 Å². The number of hydrogen-bond acceptors (Lipinski definition) is 4. The van der Waals surface area contributed by atoms with Gasteiger partial charge in [0.15, 0.2) is 5.78 Å². The molecule has 0 spiro atoms. The third-order valence-electron chi connectivity index (χ3n) is 5.16. The van der Waals surface area contributed by atoms with Gasteiger partial charge in [-0.25, -0.2) is 0 Å². The summed E-state index contributed by atoms with van der Waals surface area (Å²) in [4.78, 5) is 13.2. The van der Waals surface area contributed by atoms with Gasteiger partial charge in [0.05, 0.1) is 5.92 Å². The van der Waals surface area contributed by atoms with Crippen molar-refractivity contribution < 1.29 is 4.79 Å². The van der Waals surface area contributed by atoms with E-state index in [9.17, 15) is 4.79 Å². The van der Waals surface area contributed by atoms with Crippen LogP contribution in [-0.2, 0) is 0 Å². The number of benzene rings is 3. The van der Waals surface area contributed by atoms with E-state index in [0.717, 1.165) is 33.0 Å². The Kier molecular flexibility index (Phi) is 3.72. The maximum absolute atomic E-state index is 13.2. The van der Waals surface area contributed by atoms with E-state index in [1.165, 1.54) is 0 Å². The second kappa shape index (κ2) is 6.39. The Morgan fingerprint density at radius 1 is 1.00 bits per heavy atom. The van der Waals surface area contributed by atoms with Gasteiger partial charge in [0.2, 0.25) is 5.82 Å². The molecule has 1 unspecified atom stereocenters. The molecule has 0 fully saturated rings. The number of H-pyrrole nitrogens is 1. The first-order valence-corrected chi connectivity index (χ1v) is 8.99. The van der Waals surface area contributed by atoms with E-state index in [4.69, 9.17) is 0 Å². The topological polar surface area (TPSA) is 71.5 Å². The Morgan fingerprint density at radius 2 is 1.86 bits per heavy atom. The highest BCUT2D eigenvalue weighted by atomic mass is 16.1. The van der Waals surface area contributed by atoms with E-state index in [1.54, 1.807) is 0 Å². The fourth-order valence-corrected chi connectivity index (χ4v) is 3.67. The van der Waals surface area contributed by atoms with Crippen molar-refractivity contribution in [2.75, 3.05) is 0 Å². The summed E-state index contributed by atoms with van der Waals surface area (Å²) in [7, 11) is 0. The molecule has 5 rings (SSSR count). The summed E-state index contributed by atoms with van der Waals surface area (Å²) in [6.07, 6.45) is 3.89. The summed E-state index contributed by atoms with van der Waals surface area (Å²) < 4.78 is 0. The van der Waals surface area contributed by atoms with Crippen LogP contribution in [0.3, 0.4) is 0 Å². The molecule has 1 atom stereocenters. The fraction of sp³-hybridized carbons (Fsp3) is 0.0435. The summed E-state index contributed by atoms with van der Waals surface area (Å²) >= 11 is 0. The van der Waals surface area contributed by atoms with Gasteiger partial charge in [-0.15, -0.1) is 10.2 Å². The van der Waals surface area contributed by atoms with Crippen molar-refractivity contribution in [1.82, 2.24) is 20.6 Å². The second-order valence-corrected chi connectivity index (χ2v) is 6.83. The Morgan fingerprint density at radius 3 is 2.68 bits per heavy atom. The number of carbonyl (C=O) groups excluding carboxylic acids is 1. The summed E-state index contributed by atoms with van der Waals surface area (Å²) in [5, 5.41) is 16.3.